The van der Waals surface area contributed by atoms with E-state index in [1.165, 1.54) is 13.2 Å². The van der Waals surface area contributed by atoms with E-state index in [0.717, 1.165) is 9.09 Å². The Morgan fingerprint density at radius 3 is 2.91 bits per heavy atom. The molecule has 0 fully saturated rings. The molecule has 0 atom stereocenters. The van der Waals surface area contributed by atoms with E-state index in [1.807, 2.05) is 22.6 Å². The number of nitrogens with one attached hydrogen (secondary N) is 3. The molecular formula is C15H12FIN4O2. The maximum atomic E-state index is 14.1. The maximum Gasteiger partial charge on any atom is 0.276 e. The van der Waals surface area contributed by atoms with Crippen molar-refractivity contribution in [3.8, 4) is 0 Å². The number of benzene rings is 2. The Balaban J connectivity index is 2.11. The molecule has 1 amide bonds. The number of carbonyl (C=O) groups is 1. The number of halogens is 2. The SMILES string of the molecule is CONC(=O)c1ccc2[nH]ncc2c1Nc1ccc(I)cc1F. The smallest absolute Gasteiger partial charge is 0.276 e. The molecule has 1 heterocycles. The van der Waals surface area contributed by atoms with Crippen LogP contribution in [0.2, 0.25) is 0 Å². The van der Waals surface area contributed by atoms with Crippen LogP contribution in [0.3, 0.4) is 0 Å². The molecule has 0 aliphatic heterocycles. The Morgan fingerprint density at radius 1 is 1.35 bits per heavy atom. The van der Waals surface area contributed by atoms with Gasteiger partial charge in [0.25, 0.3) is 5.91 Å². The fourth-order valence-corrected chi connectivity index (χ4v) is 2.67. The fourth-order valence-electron chi connectivity index (χ4n) is 2.21. The molecule has 0 aliphatic carbocycles. The zero-order valence-corrected chi connectivity index (χ0v) is 14.1. The van der Waals surface area contributed by atoms with Gasteiger partial charge >= 0.3 is 0 Å². The normalized spacial score (nSPS) is 10.7. The first-order valence-electron chi connectivity index (χ1n) is 6.61. The van der Waals surface area contributed by atoms with Crippen molar-refractivity contribution in [2.24, 2.45) is 0 Å². The van der Waals surface area contributed by atoms with Gasteiger partial charge in [-0.1, -0.05) is 0 Å². The number of H-pyrrole nitrogens is 1. The third kappa shape index (κ3) is 3.13. The fraction of sp³-hybridized carbons (Fsp3) is 0.0667. The second kappa shape index (κ2) is 6.50. The van der Waals surface area contributed by atoms with E-state index in [9.17, 15) is 9.18 Å². The minimum absolute atomic E-state index is 0.269. The van der Waals surface area contributed by atoms with E-state index >= 15 is 0 Å². The predicted octanol–water partition coefficient (Wildman–Crippen LogP) is 3.34. The average molecular weight is 426 g/mol. The molecule has 3 aromatic rings. The summed E-state index contributed by atoms with van der Waals surface area (Å²) in [4.78, 5) is 16.8. The van der Waals surface area contributed by atoms with Crippen molar-refractivity contribution >= 4 is 50.8 Å². The van der Waals surface area contributed by atoms with Gasteiger partial charge in [0.15, 0.2) is 0 Å². The Labute approximate surface area is 144 Å². The summed E-state index contributed by atoms with van der Waals surface area (Å²) in [5.41, 5.74) is 4.03. The summed E-state index contributed by atoms with van der Waals surface area (Å²) in [5.74, 6) is -0.848. The van der Waals surface area contributed by atoms with Gasteiger partial charge in [0.05, 0.1) is 35.8 Å². The molecule has 2 aromatic carbocycles. The van der Waals surface area contributed by atoms with Crippen LogP contribution >= 0.6 is 22.6 Å². The molecule has 0 bridgehead atoms. The van der Waals surface area contributed by atoms with Gasteiger partial charge in [-0.3, -0.25) is 14.7 Å². The summed E-state index contributed by atoms with van der Waals surface area (Å²) < 4.78 is 14.9. The topological polar surface area (TPSA) is 79.0 Å². The number of fused-ring (bicyclic) bond motifs is 1. The minimum atomic E-state index is -0.441. The zero-order valence-electron chi connectivity index (χ0n) is 12.0. The molecule has 0 radical (unpaired) electrons. The van der Waals surface area contributed by atoms with Gasteiger partial charge in [-0.05, 0) is 52.9 Å². The molecule has 0 saturated heterocycles. The highest BCUT2D eigenvalue weighted by Crippen LogP contribution is 2.30. The van der Waals surface area contributed by atoms with Crippen LogP contribution in [-0.2, 0) is 4.84 Å². The quantitative estimate of drug-likeness (QED) is 0.442. The van der Waals surface area contributed by atoms with Crippen molar-refractivity contribution in [2.45, 2.75) is 0 Å². The summed E-state index contributed by atoms with van der Waals surface area (Å²) in [6.45, 7) is 0. The molecule has 3 rings (SSSR count). The van der Waals surface area contributed by atoms with Crippen molar-refractivity contribution in [3.05, 3.63) is 51.5 Å². The number of rotatable bonds is 4. The van der Waals surface area contributed by atoms with Crippen LogP contribution in [0.4, 0.5) is 15.8 Å². The van der Waals surface area contributed by atoms with E-state index in [2.05, 4.69) is 25.8 Å². The van der Waals surface area contributed by atoms with Crippen LogP contribution in [0.25, 0.3) is 10.9 Å². The maximum absolute atomic E-state index is 14.1. The third-order valence-electron chi connectivity index (χ3n) is 3.25. The number of nitrogens with zero attached hydrogens (tertiary/aromatic N) is 1. The van der Waals surface area contributed by atoms with E-state index in [1.54, 1.807) is 30.5 Å². The Kier molecular flexibility index (Phi) is 4.44. The second-order valence-corrected chi connectivity index (χ2v) is 5.95. The second-order valence-electron chi connectivity index (χ2n) is 4.70. The number of hydrogen-bond acceptors (Lipinski definition) is 4. The van der Waals surface area contributed by atoms with E-state index in [-0.39, 0.29) is 5.69 Å². The highest BCUT2D eigenvalue weighted by molar-refractivity contribution is 14.1. The van der Waals surface area contributed by atoms with Crippen LogP contribution < -0.4 is 10.8 Å². The van der Waals surface area contributed by atoms with E-state index in [0.29, 0.717) is 16.6 Å². The molecule has 1 aromatic heterocycles. The summed E-state index contributed by atoms with van der Waals surface area (Å²) in [7, 11) is 1.35. The van der Waals surface area contributed by atoms with Gasteiger partial charge in [0, 0.05) is 8.96 Å². The van der Waals surface area contributed by atoms with Gasteiger partial charge in [-0.25, -0.2) is 9.87 Å². The van der Waals surface area contributed by atoms with Gasteiger partial charge < -0.3 is 5.32 Å². The van der Waals surface area contributed by atoms with E-state index < -0.39 is 11.7 Å². The lowest BCUT2D eigenvalue weighted by Crippen LogP contribution is -2.22. The number of amides is 1. The Hall–Kier alpha value is -2.20. The van der Waals surface area contributed by atoms with Crippen LogP contribution in [0.5, 0.6) is 0 Å². The van der Waals surface area contributed by atoms with Crippen molar-refractivity contribution in [1.29, 1.82) is 0 Å². The standard InChI is InChI=1S/C15H12FIN4O2/c1-23-21-15(22)9-3-5-12-10(7-18-20-12)14(9)19-13-4-2-8(17)6-11(13)16/h2-7,19H,1H3,(H,18,20)(H,21,22). The highest BCUT2D eigenvalue weighted by atomic mass is 127. The van der Waals surface area contributed by atoms with Gasteiger partial charge in [0.1, 0.15) is 5.82 Å². The van der Waals surface area contributed by atoms with Gasteiger partial charge in [-0.15, -0.1) is 0 Å². The molecule has 0 unspecified atom stereocenters. The lowest BCUT2D eigenvalue weighted by molar-refractivity contribution is 0.0538. The van der Waals surface area contributed by atoms with Crippen LogP contribution in [-0.4, -0.2) is 23.2 Å². The molecule has 118 valence electrons. The molecule has 0 spiro atoms. The first kappa shape index (κ1) is 15.7. The molecule has 23 heavy (non-hydrogen) atoms. The number of anilines is 2. The summed E-state index contributed by atoms with van der Waals surface area (Å²) in [6, 6.07) is 8.14. The van der Waals surface area contributed by atoms with Crippen molar-refractivity contribution < 1.29 is 14.0 Å². The highest BCUT2D eigenvalue weighted by Gasteiger charge is 2.17. The van der Waals surface area contributed by atoms with Crippen LogP contribution in [0.15, 0.2) is 36.5 Å². The summed E-state index contributed by atoms with van der Waals surface area (Å²) >= 11 is 2.03. The Bertz CT molecular complexity index is 881. The first-order chi connectivity index (χ1) is 11.1. The third-order valence-corrected chi connectivity index (χ3v) is 3.93. The molecule has 8 heteroatoms. The van der Waals surface area contributed by atoms with Crippen molar-refractivity contribution in [2.75, 3.05) is 12.4 Å². The van der Waals surface area contributed by atoms with Crippen LogP contribution in [0.1, 0.15) is 10.4 Å². The number of hydrogen-bond donors (Lipinski definition) is 3. The largest absolute Gasteiger partial charge is 0.352 e. The van der Waals surface area contributed by atoms with Crippen molar-refractivity contribution in [1.82, 2.24) is 15.7 Å². The lowest BCUT2D eigenvalue weighted by Gasteiger charge is -2.13. The Morgan fingerprint density at radius 2 is 2.17 bits per heavy atom. The molecule has 6 nitrogen and oxygen atoms in total. The first-order valence-corrected chi connectivity index (χ1v) is 7.69. The van der Waals surface area contributed by atoms with Crippen molar-refractivity contribution in [3.63, 3.8) is 0 Å². The van der Waals surface area contributed by atoms with Crippen LogP contribution in [0, 0.1) is 9.39 Å². The molecule has 0 aliphatic rings. The molecule has 3 N–H and O–H groups in total. The average Bonchev–Trinajstić information content (AvgIpc) is 2.99. The number of hydroxylamine groups is 1. The summed E-state index contributed by atoms with van der Waals surface area (Å²) in [5, 5.41) is 10.4. The molecular weight excluding hydrogens is 414 g/mol. The van der Waals surface area contributed by atoms with E-state index in [4.69, 9.17) is 0 Å². The monoisotopic (exact) mass is 426 g/mol. The minimum Gasteiger partial charge on any atom is -0.352 e. The number of aromatic nitrogens is 2. The molecule has 0 saturated carbocycles. The number of carbonyl (C=O) groups excluding carboxylic acids is 1. The van der Waals surface area contributed by atoms with Gasteiger partial charge in [-0.2, -0.15) is 5.10 Å². The summed E-state index contributed by atoms with van der Waals surface area (Å²) in [6.07, 6.45) is 1.58. The zero-order chi connectivity index (χ0) is 16.4. The predicted molar refractivity (Wildman–Crippen MR) is 93.0 cm³/mol. The lowest BCUT2D eigenvalue weighted by atomic mass is 10.1. The number of aromatic amines is 1. The van der Waals surface area contributed by atoms with Gasteiger partial charge in [0.2, 0.25) is 0 Å².